The molecule has 0 aromatic carbocycles. The van der Waals surface area contributed by atoms with Crippen LogP contribution >= 0.6 is 0 Å². The van der Waals surface area contributed by atoms with E-state index in [0.29, 0.717) is 6.54 Å². The summed E-state index contributed by atoms with van der Waals surface area (Å²) in [5.41, 5.74) is 0.210. The summed E-state index contributed by atoms with van der Waals surface area (Å²) in [5.74, 6) is 0. The molecule has 1 rings (SSSR count). The molecule has 1 atom stereocenters. The molecule has 0 saturated heterocycles. The van der Waals surface area contributed by atoms with Crippen LogP contribution in [-0.4, -0.2) is 28.0 Å². The molecule has 2 N–H and O–H groups in total. The maximum atomic E-state index is 10.3. The molecule has 4 nitrogen and oxygen atoms in total. The Morgan fingerprint density at radius 3 is 2.38 bits per heavy atom. The maximum Gasteiger partial charge on any atom is 0.102 e. The van der Waals surface area contributed by atoms with Gasteiger partial charge >= 0.3 is 0 Å². The van der Waals surface area contributed by atoms with Gasteiger partial charge in [-0.3, -0.25) is 4.68 Å². The highest BCUT2D eigenvalue weighted by Crippen LogP contribution is 2.19. The van der Waals surface area contributed by atoms with Gasteiger partial charge < -0.3 is 10.4 Å². The fraction of sp³-hybridized carbons (Fsp3) is 0.750. The standard InChI is InChI=1S/C12H23N3O/c1-11(2,3)8-13-9-12(4,16)10-6-14-15(5)7-10/h6-7,13,16H,8-9H2,1-5H3. The zero-order chi connectivity index (χ0) is 12.4. The minimum Gasteiger partial charge on any atom is -0.384 e. The average Bonchev–Trinajstić information content (AvgIpc) is 2.49. The molecule has 0 fully saturated rings. The lowest BCUT2D eigenvalue weighted by molar-refractivity contribution is 0.0548. The number of aliphatic hydroxyl groups is 1. The summed E-state index contributed by atoms with van der Waals surface area (Å²) in [6.07, 6.45) is 3.55. The highest BCUT2D eigenvalue weighted by Gasteiger charge is 2.24. The minimum atomic E-state index is -0.862. The Labute approximate surface area is 97.7 Å². The third kappa shape index (κ3) is 3.94. The Kier molecular flexibility index (Phi) is 3.76. The Balaban J connectivity index is 2.52. The second-order valence-electron chi connectivity index (χ2n) is 5.84. The summed E-state index contributed by atoms with van der Waals surface area (Å²) in [6.45, 7) is 9.72. The maximum absolute atomic E-state index is 10.3. The predicted molar refractivity (Wildman–Crippen MR) is 65.1 cm³/mol. The SMILES string of the molecule is Cn1cc(C(C)(O)CNCC(C)(C)C)cn1. The van der Waals surface area contributed by atoms with Gasteiger partial charge in [-0.1, -0.05) is 20.8 Å². The molecule has 1 aromatic rings. The van der Waals surface area contributed by atoms with Crippen molar-refractivity contribution in [3.8, 4) is 0 Å². The Bertz CT molecular complexity index is 336. The summed E-state index contributed by atoms with van der Waals surface area (Å²) in [7, 11) is 1.85. The van der Waals surface area contributed by atoms with Gasteiger partial charge in [-0.2, -0.15) is 5.10 Å². The van der Waals surface area contributed by atoms with Gasteiger partial charge in [0.15, 0.2) is 0 Å². The van der Waals surface area contributed by atoms with Gasteiger partial charge in [-0.25, -0.2) is 0 Å². The lowest BCUT2D eigenvalue weighted by Gasteiger charge is -2.25. The van der Waals surface area contributed by atoms with E-state index in [1.165, 1.54) is 0 Å². The first-order valence-corrected chi connectivity index (χ1v) is 5.63. The number of nitrogens with zero attached hydrogens (tertiary/aromatic N) is 2. The highest BCUT2D eigenvalue weighted by molar-refractivity contribution is 5.14. The molecule has 4 heteroatoms. The third-order valence-electron chi connectivity index (χ3n) is 2.45. The Hall–Kier alpha value is -0.870. The number of nitrogens with one attached hydrogen (secondary N) is 1. The number of hydrogen-bond acceptors (Lipinski definition) is 3. The molecule has 1 unspecified atom stereocenters. The van der Waals surface area contributed by atoms with Gasteiger partial charge in [0.05, 0.1) is 6.20 Å². The second kappa shape index (κ2) is 4.55. The monoisotopic (exact) mass is 225 g/mol. The molecule has 16 heavy (non-hydrogen) atoms. The molecule has 0 radical (unpaired) electrons. The fourth-order valence-corrected chi connectivity index (χ4v) is 1.48. The first-order chi connectivity index (χ1) is 7.21. The van der Waals surface area contributed by atoms with Crippen LogP contribution in [0.25, 0.3) is 0 Å². The van der Waals surface area contributed by atoms with Crippen molar-refractivity contribution in [3.05, 3.63) is 18.0 Å². The first-order valence-electron chi connectivity index (χ1n) is 5.63. The van der Waals surface area contributed by atoms with Crippen LogP contribution in [0.4, 0.5) is 0 Å². The first kappa shape index (κ1) is 13.2. The highest BCUT2D eigenvalue weighted by atomic mass is 16.3. The van der Waals surface area contributed by atoms with Crippen LogP contribution in [0.15, 0.2) is 12.4 Å². The van der Waals surface area contributed by atoms with Crippen molar-refractivity contribution in [2.24, 2.45) is 12.5 Å². The summed E-state index contributed by atoms with van der Waals surface area (Å²) < 4.78 is 1.70. The summed E-state index contributed by atoms with van der Waals surface area (Å²) in [5, 5.41) is 17.6. The largest absolute Gasteiger partial charge is 0.384 e. The molecule has 0 aliphatic carbocycles. The van der Waals surface area contributed by atoms with Crippen LogP contribution in [0.2, 0.25) is 0 Å². The van der Waals surface area contributed by atoms with Crippen molar-refractivity contribution in [2.75, 3.05) is 13.1 Å². The second-order valence-corrected chi connectivity index (χ2v) is 5.84. The molecule has 0 amide bonds. The lowest BCUT2D eigenvalue weighted by Crippen LogP contribution is -2.38. The summed E-state index contributed by atoms with van der Waals surface area (Å²) >= 11 is 0. The lowest BCUT2D eigenvalue weighted by atomic mass is 9.95. The van der Waals surface area contributed by atoms with Crippen LogP contribution in [0.5, 0.6) is 0 Å². The summed E-state index contributed by atoms with van der Waals surface area (Å²) in [6, 6.07) is 0. The van der Waals surface area contributed by atoms with Crippen molar-refractivity contribution in [3.63, 3.8) is 0 Å². The number of rotatable bonds is 4. The van der Waals surface area contributed by atoms with Gasteiger partial charge in [0.1, 0.15) is 5.60 Å². The number of aromatic nitrogens is 2. The molecule has 1 aromatic heterocycles. The predicted octanol–water partition coefficient (Wildman–Crippen LogP) is 1.26. The van der Waals surface area contributed by atoms with Crippen molar-refractivity contribution in [2.45, 2.75) is 33.3 Å². The average molecular weight is 225 g/mol. The molecule has 0 spiro atoms. The van der Waals surface area contributed by atoms with Crippen LogP contribution < -0.4 is 5.32 Å². The Morgan fingerprint density at radius 1 is 1.31 bits per heavy atom. The van der Waals surface area contributed by atoms with E-state index in [4.69, 9.17) is 0 Å². The minimum absolute atomic E-state index is 0.227. The normalized spacial score (nSPS) is 16.1. The van der Waals surface area contributed by atoms with Crippen LogP contribution in [-0.2, 0) is 12.6 Å². The number of aryl methyl sites for hydroxylation is 1. The quantitative estimate of drug-likeness (QED) is 0.811. The molecule has 92 valence electrons. The summed E-state index contributed by atoms with van der Waals surface area (Å²) in [4.78, 5) is 0. The smallest absolute Gasteiger partial charge is 0.102 e. The van der Waals surface area contributed by atoms with Gasteiger partial charge in [-0.05, 0) is 12.3 Å². The van der Waals surface area contributed by atoms with E-state index in [9.17, 15) is 5.11 Å². The van der Waals surface area contributed by atoms with Crippen molar-refractivity contribution in [1.82, 2.24) is 15.1 Å². The van der Waals surface area contributed by atoms with E-state index in [1.807, 2.05) is 13.2 Å². The van der Waals surface area contributed by atoms with Crippen LogP contribution in [0.3, 0.4) is 0 Å². The van der Waals surface area contributed by atoms with Crippen LogP contribution in [0, 0.1) is 5.41 Å². The fourth-order valence-electron chi connectivity index (χ4n) is 1.48. The molecular formula is C12H23N3O. The van der Waals surface area contributed by atoms with Gasteiger partial charge in [-0.15, -0.1) is 0 Å². The zero-order valence-corrected chi connectivity index (χ0v) is 10.9. The molecule has 0 bridgehead atoms. The third-order valence-corrected chi connectivity index (χ3v) is 2.45. The van der Waals surface area contributed by atoms with Gasteiger partial charge in [0.25, 0.3) is 0 Å². The van der Waals surface area contributed by atoms with E-state index in [0.717, 1.165) is 12.1 Å². The van der Waals surface area contributed by atoms with Crippen LogP contribution in [0.1, 0.15) is 33.3 Å². The molecule has 0 aliphatic rings. The zero-order valence-electron chi connectivity index (χ0n) is 10.9. The van der Waals surface area contributed by atoms with Crippen molar-refractivity contribution >= 4 is 0 Å². The van der Waals surface area contributed by atoms with Crippen molar-refractivity contribution in [1.29, 1.82) is 0 Å². The van der Waals surface area contributed by atoms with Gasteiger partial charge in [0.2, 0.25) is 0 Å². The van der Waals surface area contributed by atoms with E-state index < -0.39 is 5.60 Å². The Morgan fingerprint density at radius 2 is 1.94 bits per heavy atom. The molecule has 0 aliphatic heterocycles. The molecule has 0 saturated carbocycles. The van der Waals surface area contributed by atoms with E-state index in [2.05, 4.69) is 31.2 Å². The number of hydrogen-bond donors (Lipinski definition) is 2. The topological polar surface area (TPSA) is 50.1 Å². The molecular weight excluding hydrogens is 202 g/mol. The molecule has 1 heterocycles. The van der Waals surface area contributed by atoms with Crippen molar-refractivity contribution < 1.29 is 5.11 Å². The van der Waals surface area contributed by atoms with Gasteiger partial charge in [0, 0.05) is 31.9 Å². The van der Waals surface area contributed by atoms with E-state index in [-0.39, 0.29) is 5.41 Å². The van der Waals surface area contributed by atoms with E-state index >= 15 is 0 Å². The van der Waals surface area contributed by atoms with E-state index in [1.54, 1.807) is 17.8 Å².